The smallest absolute Gasteiger partial charge is 0.333 e. The normalized spacial score (nSPS) is 10.2. The molecule has 0 fully saturated rings. The van der Waals surface area contributed by atoms with Crippen molar-refractivity contribution >= 4 is 11.4 Å². The number of unbranched alkanes of at least 4 members (excludes halogenated alkanes) is 4. The topological polar surface area (TPSA) is 64.4 Å². The number of anilines is 1. The van der Waals surface area contributed by atoms with Gasteiger partial charge in [0.25, 0.3) is 0 Å². The molecule has 0 saturated heterocycles. The first-order valence-electron chi connectivity index (χ1n) is 6.78. The highest BCUT2D eigenvalue weighted by Crippen LogP contribution is 2.34. The van der Waals surface area contributed by atoms with Gasteiger partial charge in [-0.1, -0.05) is 38.7 Å². The summed E-state index contributed by atoms with van der Waals surface area (Å²) in [4.78, 5) is 10.7. The second-order valence-corrected chi connectivity index (χ2v) is 4.42. The summed E-state index contributed by atoms with van der Waals surface area (Å²) in [5.74, 6) is 0.340. The number of hydrogen-bond acceptors (Lipinski definition) is 4. The molecule has 5 nitrogen and oxygen atoms in total. The van der Waals surface area contributed by atoms with Crippen LogP contribution in [0.5, 0.6) is 5.75 Å². The minimum atomic E-state index is -0.405. The highest BCUT2D eigenvalue weighted by Gasteiger charge is 2.19. The molecule has 19 heavy (non-hydrogen) atoms. The average molecular weight is 266 g/mol. The Morgan fingerprint density at radius 2 is 2.00 bits per heavy atom. The Hall–Kier alpha value is -1.78. The standard InChI is InChI=1S/C14H22N2O3/c1-3-4-5-6-7-11-19-13-10-8-9-12(15-2)14(13)16(17)18/h8-10,15H,3-7,11H2,1-2H3. The number of benzene rings is 1. The van der Waals surface area contributed by atoms with Crippen LogP contribution >= 0.6 is 0 Å². The maximum absolute atomic E-state index is 11.1. The van der Waals surface area contributed by atoms with E-state index >= 15 is 0 Å². The molecule has 106 valence electrons. The van der Waals surface area contributed by atoms with Crippen LogP contribution in [0.2, 0.25) is 0 Å². The van der Waals surface area contributed by atoms with Crippen LogP contribution in [0, 0.1) is 10.1 Å². The van der Waals surface area contributed by atoms with Crippen molar-refractivity contribution < 1.29 is 9.66 Å². The molecule has 0 unspecified atom stereocenters. The molecule has 0 aliphatic carbocycles. The number of ether oxygens (including phenoxy) is 1. The number of nitro groups is 1. The van der Waals surface area contributed by atoms with Crippen LogP contribution in [0.15, 0.2) is 18.2 Å². The van der Waals surface area contributed by atoms with Gasteiger partial charge in [-0.15, -0.1) is 0 Å². The number of para-hydroxylation sites is 1. The van der Waals surface area contributed by atoms with E-state index in [0.717, 1.165) is 12.8 Å². The first kappa shape index (κ1) is 15.3. The molecule has 1 rings (SSSR count). The third-order valence-electron chi connectivity index (χ3n) is 2.96. The molecule has 1 N–H and O–H groups in total. The molecule has 0 aliphatic heterocycles. The van der Waals surface area contributed by atoms with Gasteiger partial charge in [0.05, 0.1) is 11.5 Å². The minimum Gasteiger partial charge on any atom is -0.487 e. The van der Waals surface area contributed by atoms with E-state index in [2.05, 4.69) is 12.2 Å². The molecule has 1 aromatic rings. The number of rotatable bonds is 9. The van der Waals surface area contributed by atoms with Gasteiger partial charge in [-0.3, -0.25) is 10.1 Å². The lowest BCUT2D eigenvalue weighted by Crippen LogP contribution is -2.03. The highest BCUT2D eigenvalue weighted by molar-refractivity contribution is 5.68. The molecular weight excluding hydrogens is 244 g/mol. The van der Waals surface area contributed by atoms with Gasteiger partial charge in [0.2, 0.25) is 0 Å². The van der Waals surface area contributed by atoms with E-state index in [1.165, 1.54) is 19.3 Å². The lowest BCUT2D eigenvalue weighted by Gasteiger charge is -2.09. The summed E-state index contributed by atoms with van der Waals surface area (Å²) >= 11 is 0. The quantitative estimate of drug-likeness (QED) is 0.417. The molecule has 0 aromatic heterocycles. The van der Waals surface area contributed by atoms with Crippen molar-refractivity contribution in [3.8, 4) is 5.75 Å². The first-order valence-corrected chi connectivity index (χ1v) is 6.78. The molecule has 5 heteroatoms. The fraction of sp³-hybridized carbons (Fsp3) is 0.571. The van der Waals surface area contributed by atoms with Gasteiger partial charge in [0.1, 0.15) is 5.69 Å². The lowest BCUT2D eigenvalue weighted by atomic mass is 10.2. The molecule has 0 spiro atoms. The number of nitrogens with zero attached hydrogens (tertiary/aromatic N) is 1. The highest BCUT2D eigenvalue weighted by atomic mass is 16.6. The molecular formula is C14H22N2O3. The lowest BCUT2D eigenvalue weighted by molar-refractivity contribution is -0.384. The third-order valence-corrected chi connectivity index (χ3v) is 2.96. The Bertz CT molecular complexity index is 408. The van der Waals surface area contributed by atoms with Crippen molar-refractivity contribution in [1.82, 2.24) is 0 Å². The molecule has 1 aromatic carbocycles. The van der Waals surface area contributed by atoms with Crippen molar-refractivity contribution in [2.45, 2.75) is 39.0 Å². The van der Waals surface area contributed by atoms with Gasteiger partial charge < -0.3 is 10.1 Å². The summed E-state index contributed by atoms with van der Waals surface area (Å²) < 4.78 is 5.54. The summed E-state index contributed by atoms with van der Waals surface area (Å²) in [6, 6.07) is 5.07. The van der Waals surface area contributed by atoms with Crippen LogP contribution in [0.1, 0.15) is 39.0 Å². The van der Waals surface area contributed by atoms with Gasteiger partial charge in [-0.05, 0) is 18.6 Å². The zero-order valence-corrected chi connectivity index (χ0v) is 11.6. The Morgan fingerprint density at radius 3 is 2.63 bits per heavy atom. The number of nitrogens with one attached hydrogen (secondary N) is 1. The summed E-state index contributed by atoms with van der Waals surface area (Å²) in [6.07, 6.45) is 5.67. The fourth-order valence-corrected chi connectivity index (χ4v) is 1.92. The van der Waals surface area contributed by atoms with Crippen molar-refractivity contribution in [2.24, 2.45) is 0 Å². The zero-order chi connectivity index (χ0) is 14.1. The van der Waals surface area contributed by atoms with Crippen molar-refractivity contribution in [3.05, 3.63) is 28.3 Å². The summed E-state index contributed by atoms with van der Waals surface area (Å²) in [6.45, 7) is 2.70. The monoisotopic (exact) mass is 266 g/mol. The molecule has 0 atom stereocenters. The van der Waals surface area contributed by atoms with Gasteiger partial charge in [-0.25, -0.2) is 0 Å². The molecule has 0 bridgehead atoms. The van der Waals surface area contributed by atoms with Crippen molar-refractivity contribution in [2.75, 3.05) is 19.0 Å². The Morgan fingerprint density at radius 1 is 1.26 bits per heavy atom. The van der Waals surface area contributed by atoms with E-state index < -0.39 is 4.92 Å². The number of nitro benzene ring substituents is 1. The maximum Gasteiger partial charge on any atom is 0.333 e. The Balaban J connectivity index is 2.55. The SMILES string of the molecule is CCCCCCCOc1cccc(NC)c1[N+](=O)[O-]. The summed E-state index contributed by atoms with van der Waals surface area (Å²) in [5.41, 5.74) is 0.493. The zero-order valence-electron chi connectivity index (χ0n) is 11.6. The fourth-order valence-electron chi connectivity index (χ4n) is 1.92. The number of hydrogen-bond donors (Lipinski definition) is 1. The van der Waals surface area contributed by atoms with E-state index in [1.807, 2.05) is 0 Å². The van der Waals surface area contributed by atoms with Gasteiger partial charge in [0.15, 0.2) is 5.75 Å². The van der Waals surface area contributed by atoms with E-state index in [-0.39, 0.29) is 5.69 Å². The van der Waals surface area contributed by atoms with Crippen molar-refractivity contribution in [1.29, 1.82) is 0 Å². The van der Waals surface area contributed by atoms with E-state index in [9.17, 15) is 10.1 Å². The van der Waals surface area contributed by atoms with Crippen LogP contribution in [-0.4, -0.2) is 18.6 Å². The average Bonchev–Trinajstić information content (AvgIpc) is 2.42. The Kier molecular flexibility index (Phi) is 6.71. The van der Waals surface area contributed by atoms with E-state index in [4.69, 9.17) is 4.74 Å². The predicted octanol–water partition coefficient (Wildman–Crippen LogP) is 3.99. The van der Waals surface area contributed by atoms with E-state index in [0.29, 0.717) is 18.0 Å². The molecule has 0 radical (unpaired) electrons. The molecule has 0 amide bonds. The summed E-state index contributed by atoms with van der Waals surface area (Å²) in [7, 11) is 1.66. The largest absolute Gasteiger partial charge is 0.487 e. The van der Waals surface area contributed by atoms with Gasteiger partial charge in [0, 0.05) is 7.05 Å². The van der Waals surface area contributed by atoms with E-state index in [1.54, 1.807) is 25.2 Å². The van der Waals surface area contributed by atoms with Crippen LogP contribution < -0.4 is 10.1 Å². The first-order chi connectivity index (χ1) is 9.20. The predicted molar refractivity (Wildman–Crippen MR) is 76.9 cm³/mol. The molecule has 0 heterocycles. The van der Waals surface area contributed by atoms with Crippen LogP contribution in [0.25, 0.3) is 0 Å². The van der Waals surface area contributed by atoms with Crippen LogP contribution in [-0.2, 0) is 0 Å². The van der Waals surface area contributed by atoms with Gasteiger partial charge in [-0.2, -0.15) is 0 Å². The third kappa shape index (κ3) is 4.77. The minimum absolute atomic E-state index is 0.0126. The van der Waals surface area contributed by atoms with Crippen molar-refractivity contribution in [3.63, 3.8) is 0 Å². The van der Waals surface area contributed by atoms with Crippen LogP contribution in [0.4, 0.5) is 11.4 Å². The maximum atomic E-state index is 11.1. The van der Waals surface area contributed by atoms with Gasteiger partial charge >= 0.3 is 5.69 Å². The Labute approximate surface area is 114 Å². The molecule has 0 saturated carbocycles. The summed E-state index contributed by atoms with van der Waals surface area (Å²) in [5, 5.41) is 13.9. The van der Waals surface area contributed by atoms with Crippen LogP contribution in [0.3, 0.4) is 0 Å². The molecule has 0 aliphatic rings. The second-order valence-electron chi connectivity index (χ2n) is 4.42. The second kappa shape index (κ2) is 8.34.